The van der Waals surface area contributed by atoms with Gasteiger partial charge in [0.2, 0.25) is 5.82 Å². The Morgan fingerprint density at radius 2 is 2.10 bits per heavy atom. The number of nitro benzene ring substituents is 1. The van der Waals surface area contributed by atoms with Crippen LogP contribution in [-0.2, 0) is 4.74 Å². The summed E-state index contributed by atoms with van der Waals surface area (Å²) in [5, 5.41) is 13.0. The Morgan fingerprint density at radius 3 is 2.67 bits per heavy atom. The highest BCUT2D eigenvalue weighted by molar-refractivity contribution is 5.95. The number of carbonyl (C=O) groups is 1. The fourth-order valence-corrected chi connectivity index (χ4v) is 2.17. The third-order valence-corrected chi connectivity index (χ3v) is 3.31. The molecular formula is C13H14F2N2O4. The number of benzene rings is 1. The minimum Gasteiger partial charge on any atom is -0.378 e. The molecule has 0 bridgehead atoms. The summed E-state index contributed by atoms with van der Waals surface area (Å²) in [7, 11) is 0. The Morgan fingerprint density at radius 1 is 1.43 bits per heavy atom. The Kier molecular flexibility index (Phi) is 4.46. The first-order chi connectivity index (χ1) is 9.92. The van der Waals surface area contributed by atoms with E-state index in [2.05, 4.69) is 5.32 Å². The zero-order chi connectivity index (χ0) is 15.6. The molecule has 0 spiro atoms. The lowest BCUT2D eigenvalue weighted by Gasteiger charge is -2.35. The molecule has 1 N–H and O–H groups in total. The number of hydrogen-bond acceptors (Lipinski definition) is 4. The van der Waals surface area contributed by atoms with E-state index in [1.807, 2.05) is 6.92 Å². The van der Waals surface area contributed by atoms with E-state index in [0.717, 1.165) is 0 Å². The van der Waals surface area contributed by atoms with E-state index in [4.69, 9.17) is 4.74 Å². The molecular weight excluding hydrogens is 286 g/mol. The summed E-state index contributed by atoms with van der Waals surface area (Å²) >= 11 is 0. The van der Waals surface area contributed by atoms with Crippen molar-refractivity contribution in [2.24, 2.45) is 0 Å². The standard InChI is InChI=1S/C13H14F2N2O4/c1-2-21-8-3-7(4-8)16-13(18)9-5-11(15)12(17(19)20)6-10(9)14/h5-8H,2-4H2,1H3,(H,16,18). The molecule has 0 aromatic heterocycles. The van der Waals surface area contributed by atoms with Crippen LogP contribution < -0.4 is 5.32 Å². The molecule has 1 fully saturated rings. The van der Waals surface area contributed by atoms with Gasteiger partial charge in [0.05, 0.1) is 22.7 Å². The van der Waals surface area contributed by atoms with Gasteiger partial charge >= 0.3 is 5.69 Å². The zero-order valence-corrected chi connectivity index (χ0v) is 11.3. The van der Waals surface area contributed by atoms with Gasteiger partial charge in [0.15, 0.2) is 0 Å². The van der Waals surface area contributed by atoms with Gasteiger partial charge < -0.3 is 10.1 Å². The highest BCUT2D eigenvalue weighted by Gasteiger charge is 2.32. The molecule has 2 rings (SSSR count). The zero-order valence-electron chi connectivity index (χ0n) is 11.3. The highest BCUT2D eigenvalue weighted by atomic mass is 19.1. The SMILES string of the molecule is CCOC1CC(NC(=O)c2cc(F)c([N+](=O)[O-])cc2F)C1. The number of nitrogens with one attached hydrogen (secondary N) is 1. The predicted octanol–water partition coefficient (Wildman–Crippen LogP) is 2.17. The molecule has 0 saturated heterocycles. The summed E-state index contributed by atoms with van der Waals surface area (Å²) in [6.07, 6.45) is 1.28. The molecule has 0 radical (unpaired) electrons. The maximum Gasteiger partial charge on any atom is 0.307 e. The van der Waals surface area contributed by atoms with E-state index in [0.29, 0.717) is 31.6 Å². The van der Waals surface area contributed by atoms with E-state index < -0.39 is 33.7 Å². The van der Waals surface area contributed by atoms with Gasteiger partial charge in [-0.1, -0.05) is 0 Å². The molecule has 6 nitrogen and oxygen atoms in total. The molecule has 0 atom stereocenters. The predicted molar refractivity (Wildman–Crippen MR) is 68.9 cm³/mol. The highest BCUT2D eigenvalue weighted by Crippen LogP contribution is 2.25. The number of ether oxygens (including phenoxy) is 1. The molecule has 1 aromatic rings. The molecule has 1 amide bonds. The van der Waals surface area contributed by atoms with Crippen LogP contribution in [0.5, 0.6) is 0 Å². The maximum absolute atomic E-state index is 13.7. The van der Waals surface area contributed by atoms with E-state index >= 15 is 0 Å². The van der Waals surface area contributed by atoms with Gasteiger partial charge in [-0.25, -0.2) is 4.39 Å². The molecule has 114 valence electrons. The first-order valence-corrected chi connectivity index (χ1v) is 6.48. The van der Waals surface area contributed by atoms with Crippen molar-refractivity contribution in [2.45, 2.75) is 31.9 Å². The molecule has 8 heteroatoms. The van der Waals surface area contributed by atoms with Crippen LogP contribution in [0, 0.1) is 21.7 Å². The lowest BCUT2D eigenvalue weighted by molar-refractivity contribution is -0.387. The van der Waals surface area contributed by atoms with Crippen LogP contribution in [-0.4, -0.2) is 29.6 Å². The lowest BCUT2D eigenvalue weighted by atomic mass is 9.89. The topological polar surface area (TPSA) is 81.5 Å². The summed E-state index contributed by atoms with van der Waals surface area (Å²) in [6, 6.07) is 0.793. The summed E-state index contributed by atoms with van der Waals surface area (Å²) in [5.41, 5.74) is -1.54. The second kappa shape index (κ2) is 6.13. The number of halogens is 2. The average molecular weight is 300 g/mol. The van der Waals surface area contributed by atoms with E-state index in [1.165, 1.54) is 0 Å². The van der Waals surface area contributed by atoms with Crippen LogP contribution in [0.4, 0.5) is 14.5 Å². The van der Waals surface area contributed by atoms with Gasteiger partial charge in [-0.05, 0) is 25.8 Å². The molecule has 1 aliphatic rings. The average Bonchev–Trinajstić information content (AvgIpc) is 2.38. The van der Waals surface area contributed by atoms with E-state index in [1.54, 1.807) is 0 Å². The fraction of sp³-hybridized carbons (Fsp3) is 0.462. The summed E-state index contributed by atoms with van der Waals surface area (Å²) in [6.45, 7) is 2.44. The molecule has 0 unspecified atom stereocenters. The molecule has 1 aromatic carbocycles. The van der Waals surface area contributed by atoms with Crippen LogP contribution in [0.15, 0.2) is 12.1 Å². The Hall–Kier alpha value is -2.09. The van der Waals surface area contributed by atoms with E-state index in [-0.39, 0.29) is 12.1 Å². The van der Waals surface area contributed by atoms with Gasteiger partial charge in [-0.3, -0.25) is 14.9 Å². The second-order valence-electron chi connectivity index (χ2n) is 4.76. The van der Waals surface area contributed by atoms with Crippen molar-refractivity contribution in [3.8, 4) is 0 Å². The lowest BCUT2D eigenvalue weighted by Crippen LogP contribution is -2.48. The maximum atomic E-state index is 13.7. The smallest absolute Gasteiger partial charge is 0.307 e. The Bertz CT molecular complexity index is 574. The van der Waals surface area contributed by atoms with Crippen molar-refractivity contribution in [3.63, 3.8) is 0 Å². The van der Waals surface area contributed by atoms with Crippen LogP contribution in [0.2, 0.25) is 0 Å². The number of amides is 1. The normalized spacial score (nSPS) is 20.7. The van der Waals surface area contributed by atoms with Crippen LogP contribution in [0.1, 0.15) is 30.1 Å². The number of hydrogen-bond donors (Lipinski definition) is 1. The van der Waals surface area contributed by atoms with Gasteiger partial charge in [-0.2, -0.15) is 4.39 Å². The molecule has 1 aliphatic carbocycles. The largest absolute Gasteiger partial charge is 0.378 e. The molecule has 1 saturated carbocycles. The third-order valence-electron chi connectivity index (χ3n) is 3.31. The molecule has 21 heavy (non-hydrogen) atoms. The van der Waals surface area contributed by atoms with Gasteiger partial charge in [0.25, 0.3) is 5.91 Å². The quantitative estimate of drug-likeness (QED) is 0.667. The van der Waals surface area contributed by atoms with Gasteiger partial charge in [0.1, 0.15) is 5.82 Å². The minimum absolute atomic E-state index is 0.0683. The van der Waals surface area contributed by atoms with Crippen LogP contribution in [0.25, 0.3) is 0 Å². The summed E-state index contributed by atoms with van der Waals surface area (Å²) in [4.78, 5) is 21.3. The minimum atomic E-state index is -1.24. The Balaban J connectivity index is 2.03. The van der Waals surface area contributed by atoms with Crippen LogP contribution in [0.3, 0.4) is 0 Å². The van der Waals surface area contributed by atoms with Crippen LogP contribution >= 0.6 is 0 Å². The van der Waals surface area contributed by atoms with E-state index in [9.17, 15) is 23.7 Å². The third kappa shape index (κ3) is 3.33. The number of nitro groups is 1. The number of nitrogens with zero attached hydrogens (tertiary/aromatic N) is 1. The van der Waals surface area contributed by atoms with Crippen molar-refractivity contribution in [1.82, 2.24) is 5.32 Å². The molecule has 0 heterocycles. The van der Waals surface area contributed by atoms with Crippen molar-refractivity contribution in [1.29, 1.82) is 0 Å². The van der Waals surface area contributed by atoms with Crippen molar-refractivity contribution in [2.75, 3.05) is 6.61 Å². The Labute approximate surface area is 119 Å². The first kappa shape index (κ1) is 15.3. The van der Waals surface area contributed by atoms with Gasteiger partial charge in [-0.15, -0.1) is 0 Å². The summed E-state index contributed by atoms with van der Waals surface area (Å²) in [5.74, 6) is -3.16. The van der Waals surface area contributed by atoms with Gasteiger partial charge in [0, 0.05) is 12.6 Å². The second-order valence-corrected chi connectivity index (χ2v) is 4.76. The molecule has 0 aliphatic heterocycles. The van der Waals surface area contributed by atoms with Crippen molar-refractivity contribution >= 4 is 11.6 Å². The number of rotatable bonds is 5. The fourth-order valence-electron chi connectivity index (χ4n) is 2.17. The number of carbonyl (C=O) groups excluding carboxylic acids is 1. The van der Waals surface area contributed by atoms with Crippen molar-refractivity contribution < 1.29 is 23.2 Å². The van der Waals surface area contributed by atoms with Crippen molar-refractivity contribution in [3.05, 3.63) is 39.4 Å². The summed E-state index contributed by atoms with van der Waals surface area (Å²) < 4.78 is 32.4. The first-order valence-electron chi connectivity index (χ1n) is 6.48. The monoisotopic (exact) mass is 300 g/mol.